The van der Waals surface area contributed by atoms with E-state index < -0.39 is 23.6 Å². The van der Waals surface area contributed by atoms with Crippen molar-refractivity contribution in [1.29, 1.82) is 0 Å². The van der Waals surface area contributed by atoms with Crippen LogP contribution in [0.2, 0.25) is 0 Å². The number of carboxylic acid groups (broad SMARTS) is 1. The van der Waals surface area contributed by atoms with Crippen LogP contribution in [0.1, 0.15) is 30.5 Å². The lowest BCUT2D eigenvalue weighted by molar-refractivity contribution is -0.141. The maximum atomic E-state index is 13.7. The standard InChI is InChI=1S/C21H23F3N2O4/c1-3-26(19(27)13-30-4-2)12-17-16(6-5-7-18(17)21(22,23)24)15-8-14(9-20(28)29)10-25-11-15/h5-8,10-11H,3-4,9,12-13H2,1-2H3,(H,28,29). The lowest BCUT2D eigenvalue weighted by Gasteiger charge is -2.25. The number of hydrogen-bond acceptors (Lipinski definition) is 4. The Bertz CT molecular complexity index is 900. The van der Waals surface area contributed by atoms with Gasteiger partial charge in [0.2, 0.25) is 5.91 Å². The Morgan fingerprint density at radius 2 is 1.93 bits per heavy atom. The number of halogens is 3. The summed E-state index contributed by atoms with van der Waals surface area (Å²) in [5.74, 6) is -1.49. The van der Waals surface area contributed by atoms with Crippen molar-refractivity contribution in [2.75, 3.05) is 19.8 Å². The predicted molar refractivity (Wildman–Crippen MR) is 104 cm³/mol. The van der Waals surface area contributed by atoms with Crippen molar-refractivity contribution in [2.24, 2.45) is 0 Å². The maximum absolute atomic E-state index is 13.7. The molecule has 0 spiro atoms. The van der Waals surface area contributed by atoms with E-state index in [1.807, 2.05) is 0 Å². The minimum atomic E-state index is -4.63. The summed E-state index contributed by atoms with van der Waals surface area (Å²) < 4.78 is 46.3. The molecule has 0 unspecified atom stereocenters. The molecule has 1 aromatic heterocycles. The molecule has 1 aromatic carbocycles. The van der Waals surface area contributed by atoms with Crippen LogP contribution in [0.15, 0.2) is 36.7 Å². The van der Waals surface area contributed by atoms with Crippen molar-refractivity contribution in [3.63, 3.8) is 0 Å². The zero-order chi connectivity index (χ0) is 22.3. The van der Waals surface area contributed by atoms with Crippen LogP contribution in [-0.4, -0.2) is 46.6 Å². The number of aliphatic carboxylic acids is 1. The smallest absolute Gasteiger partial charge is 0.416 e. The van der Waals surface area contributed by atoms with Gasteiger partial charge in [-0.15, -0.1) is 0 Å². The quantitative estimate of drug-likeness (QED) is 0.663. The molecule has 0 aliphatic carbocycles. The van der Waals surface area contributed by atoms with E-state index in [9.17, 15) is 22.8 Å². The average Bonchev–Trinajstić information content (AvgIpc) is 2.69. The molecule has 2 aromatic rings. The van der Waals surface area contributed by atoms with Crippen LogP contribution in [0.3, 0.4) is 0 Å². The van der Waals surface area contributed by atoms with Crippen LogP contribution >= 0.6 is 0 Å². The van der Waals surface area contributed by atoms with Crippen molar-refractivity contribution in [3.05, 3.63) is 53.3 Å². The fourth-order valence-electron chi connectivity index (χ4n) is 3.05. The molecule has 0 atom stereocenters. The van der Waals surface area contributed by atoms with Crippen LogP contribution in [0.25, 0.3) is 11.1 Å². The molecule has 9 heteroatoms. The molecule has 0 saturated heterocycles. The van der Waals surface area contributed by atoms with E-state index >= 15 is 0 Å². The number of nitrogens with zero attached hydrogens (tertiary/aromatic N) is 2. The second-order valence-electron chi connectivity index (χ2n) is 6.53. The number of carbonyl (C=O) groups excluding carboxylic acids is 1. The monoisotopic (exact) mass is 424 g/mol. The minimum Gasteiger partial charge on any atom is -0.481 e. The summed E-state index contributed by atoms with van der Waals surface area (Å²) in [5, 5.41) is 8.98. The van der Waals surface area contributed by atoms with Gasteiger partial charge in [-0.3, -0.25) is 14.6 Å². The highest BCUT2D eigenvalue weighted by Crippen LogP contribution is 2.37. The summed E-state index contributed by atoms with van der Waals surface area (Å²) in [6.45, 7) is 3.43. The Kier molecular flexibility index (Phi) is 7.93. The SMILES string of the molecule is CCOCC(=O)N(CC)Cc1c(-c2cncc(CC(=O)O)c2)cccc1C(F)(F)F. The number of benzene rings is 1. The van der Waals surface area contributed by atoms with Crippen molar-refractivity contribution in [2.45, 2.75) is 33.0 Å². The highest BCUT2D eigenvalue weighted by atomic mass is 19.4. The number of likely N-dealkylation sites (N-methyl/N-ethyl adjacent to an activating group) is 1. The number of ether oxygens (including phenoxy) is 1. The highest BCUT2D eigenvalue weighted by Gasteiger charge is 2.35. The summed E-state index contributed by atoms with van der Waals surface area (Å²) in [7, 11) is 0. The van der Waals surface area contributed by atoms with Gasteiger partial charge in [0.05, 0.1) is 12.0 Å². The number of carbonyl (C=O) groups is 2. The fourth-order valence-corrected chi connectivity index (χ4v) is 3.05. The van der Waals surface area contributed by atoms with Gasteiger partial charge in [0.1, 0.15) is 6.61 Å². The van der Waals surface area contributed by atoms with Gasteiger partial charge in [0.25, 0.3) is 0 Å². The molecule has 0 aliphatic heterocycles. The molecule has 162 valence electrons. The Balaban J connectivity index is 2.54. The first-order valence-electron chi connectivity index (χ1n) is 9.38. The summed E-state index contributed by atoms with van der Waals surface area (Å²) in [5.41, 5.74) is 0.0239. The summed E-state index contributed by atoms with van der Waals surface area (Å²) in [6.07, 6.45) is -2.19. The van der Waals surface area contributed by atoms with E-state index in [1.165, 1.54) is 35.5 Å². The number of aromatic nitrogens is 1. The number of rotatable bonds is 9. The normalized spacial score (nSPS) is 11.4. The minimum absolute atomic E-state index is 0.0778. The van der Waals surface area contributed by atoms with E-state index in [-0.39, 0.29) is 37.2 Å². The van der Waals surface area contributed by atoms with Gasteiger partial charge in [-0.1, -0.05) is 12.1 Å². The van der Waals surface area contributed by atoms with Crippen LogP contribution in [0.5, 0.6) is 0 Å². The van der Waals surface area contributed by atoms with Crippen LogP contribution in [0, 0.1) is 0 Å². The van der Waals surface area contributed by atoms with E-state index in [0.717, 1.165) is 6.07 Å². The highest BCUT2D eigenvalue weighted by molar-refractivity contribution is 5.78. The molecule has 1 amide bonds. The lowest BCUT2D eigenvalue weighted by atomic mass is 9.94. The Morgan fingerprint density at radius 1 is 1.20 bits per heavy atom. The summed E-state index contributed by atoms with van der Waals surface area (Å²) >= 11 is 0. The van der Waals surface area contributed by atoms with Gasteiger partial charge in [0.15, 0.2) is 0 Å². The Labute approximate surface area is 172 Å². The third kappa shape index (κ3) is 6.03. The third-order valence-corrected chi connectivity index (χ3v) is 4.46. The van der Waals surface area contributed by atoms with E-state index in [2.05, 4.69) is 4.98 Å². The Hall–Kier alpha value is -2.94. The summed E-state index contributed by atoms with van der Waals surface area (Å²) in [6, 6.07) is 5.25. The lowest BCUT2D eigenvalue weighted by Crippen LogP contribution is -2.34. The molecule has 0 bridgehead atoms. The first-order valence-corrected chi connectivity index (χ1v) is 9.38. The van der Waals surface area contributed by atoms with E-state index in [4.69, 9.17) is 9.84 Å². The molecule has 0 aliphatic rings. The van der Waals surface area contributed by atoms with Gasteiger partial charge in [-0.25, -0.2) is 0 Å². The second kappa shape index (κ2) is 10.2. The van der Waals surface area contributed by atoms with Gasteiger partial charge in [-0.2, -0.15) is 13.2 Å². The number of amides is 1. The summed E-state index contributed by atoms with van der Waals surface area (Å²) in [4.78, 5) is 28.6. The average molecular weight is 424 g/mol. The van der Waals surface area contributed by atoms with Crippen LogP contribution in [0.4, 0.5) is 13.2 Å². The second-order valence-corrected chi connectivity index (χ2v) is 6.53. The third-order valence-electron chi connectivity index (χ3n) is 4.46. The van der Waals surface area contributed by atoms with Crippen molar-refractivity contribution < 1.29 is 32.6 Å². The van der Waals surface area contributed by atoms with Gasteiger partial charge in [-0.05, 0) is 42.7 Å². The number of hydrogen-bond donors (Lipinski definition) is 1. The molecule has 2 rings (SSSR count). The molecule has 6 nitrogen and oxygen atoms in total. The molecule has 0 radical (unpaired) electrons. The molecule has 1 N–H and O–H groups in total. The molecule has 1 heterocycles. The molecule has 0 saturated carbocycles. The molecular formula is C21H23F3N2O4. The van der Waals surface area contributed by atoms with Crippen molar-refractivity contribution >= 4 is 11.9 Å². The van der Waals surface area contributed by atoms with Crippen LogP contribution < -0.4 is 0 Å². The van der Waals surface area contributed by atoms with Crippen molar-refractivity contribution in [3.8, 4) is 11.1 Å². The first-order chi connectivity index (χ1) is 14.2. The topological polar surface area (TPSA) is 79.7 Å². The zero-order valence-electron chi connectivity index (χ0n) is 16.7. The van der Waals surface area contributed by atoms with E-state index in [0.29, 0.717) is 17.7 Å². The van der Waals surface area contributed by atoms with Gasteiger partial charge < -0.3 is 14.7 Å². The maximum Gasteiger partial charge on any atom is 0.416 e. The van der Waals surface area contributed by atoms with Gasteiger partial charge >= 0.3 is 12.1 Å². The zero-order valence-corrected chi connectivity index (χ0v) is 16.7. The number of pyridine rings is 1. The Morgan fingerprint density at radius 3 is 2.53 bits per heavy atom. The molecular weight excluding hydrogens is 401 g/mol. The van der Waals surface area contributed by atoms with Gasteiger partial charge in [0, 0.05) is 37.7 Å². The largest absolute Gasteiger partial charge is 0.481 e. The van der Waals surface area contributed by atoms with Crippen LogP contribution in [-0.2, 0) is 33.5 Å². The molecule has 30 heavy (non-hydrogen) atoms. The number of alkyl halides is 3. The predicted octanol–water partition coefficient (Wildman–Crippen LogP) is 3.78. The van der Waals surface area contributed by atoms with Crippen molar-refractivity contribution in [1.82, 2.24) is 9.88 Å². The fraction of sp³-hybridized carbons (Fsp3) is 0.381. The number of carboxylic acids is 1. The molecule has 0 fully saturated rings. The first kappa shape index (κ1) is 23.3. The van der Waals surface area contributed by atoms with E-state index in [1.54, 1.807) is 13.8 Å².